The molecule has 0 fully saturated rings. The van der Waals surface area contributed by atoms with Gasteiger partial charge in [-0.25, -0.2) is 0 Å². The minimum atomic E-state index is -0.995. The first kappa shape index (κ1) is 17.2. The number of hydrogen-bond donors (Lipinski definition) is 3. The SMILES string of the molecule is O=C(O)Cc1ccc(-c2cc(CC(=O)O)cc(CC(=O)O)c2)cc1. The van der Waals surface area contributed by atoms with E-state index in [9.17, 15) is 14.4 Å². The number of aliphatic carboxylic acids is 3. The largest absolute Gasteiger partial charge is 0.481 e. The minimum Gasteiger partial charge on any atom is -0.481 e. The molecule has 0 atom stereocenters. The van der Waals surface area contributed by atoms with Crippen LogP contribution >= 0.6 is 0 Å². The summed E-state index contributed by atoms with van der Waals surface area (Å²) in [5.74, 6) is -2.91. The number of rotatable bonds is 7. The lowest BCUT2D eigenvalue weighted by atomic mass is 9.96. The first-order valence-electron chi connectivity index (χ1n) is 7.21. The molecule has 0 unspecified atom stereocenters. The second-order valence-corrected chi connectivity index (χ2v) is 5.45. The van der Waals surface area contributed by atoms with Crippen molar-refractivity contribution in [2.75, 3.05) is 0 Å². The highest BCUT2D eigenvalue weighted by molar-refractivity contribution is 5.75. The Bertz CT molecular complexity index is 742. The second-order valence-electron chi connectivity index (χ2n) is 5.45. The average Bonchev–Trinajstić information content (AvgIpc) is 2.45. The van der Waals surface area contributed by atoms with E-state index in [0.717, 1.165) is 5.56 Å². The predicted octanol–water partition coefficient (Wildman–Crippen LogP) is 2.23. The zero-order chi connectivity index (χ0) is 17.7. The summed E-state index contributed by atoms with van der Waals surface area (Å²) < 4.78 is 0. The van der Waals surface area contributed by atoms with E-state index in [1.54, 1.807) is 42.5 Å². The Balaban J connectivity index is 2.38. The zero-order valence-electron chi connectivity index (χ0n) is 12.7. The molecule has 0 bridgehead atoms. The number of benzene rings is 2. The van der Waals surface area contributed by atoms with Gasteiger partial charge in [0.25, 0.3) is 0 Å². The van der Waals surface area contributed by atoms with Crippen LogP contribution in [0, 0.1) is 0 Å². The number of carbonyl (C=O) groups is 3. The Morgan fingerprint density at radius 1 is 0.583 bits per heavy atom. The van der Waals surface area contributed by atoms with Gasteiger partial charge in [-0.05, 0) is 27.8 Å². The van der Waals surface area contributed by atoms with Crippen molar-refractivity contribution in [1.82, 2.24) is 0 Å². The van der Waals surface area contributed by atoms with E-state index in [-0.39, 0.29) is 19.3 Å². The second kappa shape index (κ2) is 7.41. The van der Waals surface area contributed by atoms with Crippen LogP contribution in [-0.4, -0.2) is 33.2 Å². The van der Waals surface area contributed by atoms with Crippen LogP contribution in [0.2, 0.25) is 0 Å². The minimum absolute atomic E-state index is 0.0798. The van der Waals surface area contributed by atoms with Gasteiger partial charge < -0.3 is 15.3 Å². The van der Waals surface area contributed by atoms with E-state index in [0.29, 0.717) is 22.3 Å². The van der Waals surface area contributed by atoms with Gasteiger partial charge in [0.15, 0.2) is 0 Å². The molecular formula is C18H16O6. The molecule has 0 spiro atoms. The van der Waals surface area contributed by atoms with Crippen molar-refractivity contribution in [2.45, 2.75) is 19.3 Å². The van der Waals surface area contributed by atoms with Crippen LogP contribution in [0.15, 0.2) is 42.5 Å². The topological polar surface area (TPSA) is 112 Å². The van der Waals surface area contributed by atoms with Crippen molar-refractivity contribution in [3.05, 3.63) is 59.2 Å². The Morgan fingerprint density at radius 3 is 1.42 bits per heavy atom. The van der Waals surface area contributed by atoms with Gasteiger partial charge in [-0.15, -0.1) is 0 Å². The lowest BCUT2D eigenvalue weighted by Gasteiger charge is -2.09. The van der Waals surface area contributed by atoms with E-state index < -0.39 is 17.9 Å². The van der Waals surface area contributed by atoms with Crippen LogP contribution in [0.25, 0.3) is 11.1 Å². The summed E-state index contributed by atoms with van der Waals surface area (Å²) in [5, 5.41) is 26.7. The molecule has 6 heteroatoms. The number of carboxylic acid groups (broad SMARTS) is 3. The van der Waals surface area contributed by atoms with Crippen molar-refractivity contribution in [3.63, 3.8) is 0 Å². The van der Waals surface area contributed by atoms with Crippen molar-refractivity contribution >= 4 is 17.9 Å². The molecule has 0 aromatic heterocycles. The van der Waals surface area contributed by atoms with Crippen LogP contribution in [0.5, 0.6) is 0 Å². The fourth-order valence-corrected chi connectivity index (χ4v) is 2.47. The highest BCUT2D eigenvalue weighted by Gasteiger charge is 2.09. The molecule has 24 heavy (non-hydrogen) atoms. The van der Waals surface area contributed by atoms with Gasteiger partial charge >= 0.3 is 17.9 Å². The molecule has 0 aliphatic heterocycles. The summed E-state index contributed by atoms with van der Waals surface area (Å²) in [4.78, 5) is 32.6. The quantitative estimate of drug-likeness (QED) is 0.718. The Hall–Kier alpha value is -3.15. The summed E-state index contributed by atoms with van der Waals surface area (Å²) in [6, 6.07) is 11.8. The fraction of sp³-hybridized carbons (Fsp3) is 0.167. The zero-order valence-corrected chi connectivity index (χ0v) is 12.7. The van der Waals surface area contributed by atoms with Gasteiger partial charge in [-0.1, -0.05) is 42.5 Å². The fourth-order valence-electron chi connectivity index (χ4n) is 2.47. The van der Waals surface area contributed by atoms with Crippen LogP contribution < -0.4 is 0 Å². The van der Waals surface area contributed by atoms with Crippen molar-refractivity contribution in [1.29, 1.82) is 0 Å². The molecule has 0 aliphatic rings. The highest BCUT2D eigenvalue weighted by Crippen LogP contribution is 2.24. The molecule has 0 saturated carbocycles. The normalized spacial score (nSPS) is 10.3. The molecule has 0 heterocycles. The van der Waals surface area contributed by atoms with E-state index in [1.807, 2.05) is 0 Å². The molecular weight excluding hydrogens is 312 g/mol. The number of carboxylic acids is 3. The lowest BCUT2D eigenvalue weighted by Crippen LogP contribution is -2.04. The first-order valence-corrected chi connectivity index (χ1v) is 7.21. The molecule has 0 saturated heterocycles. The van der Waals surface area contributed by atoms with Gasteiger partial charge in [0, 0.05) is 0 Å². The van der Waals surface area contributed by atoms with Crippen molar-refractivity contribution in [3.8, 4) is 11.1 Å². The molecule has 3 N–H and O–H groups in total. The summed E-state index contributed by atoms with van der Waals surface area (Å²) in [5.41, 5.74) is 3.16. The molecule has 2 rings (SSSR count). The van der Waals surface area contributed by atoms with Gasteiger partial charge in [-0.2, -0.15) is 0 Å². The average molecular weight is 328 g/mol. The van der Waals surface area contributed by atoms with Crippen LogP contribution in [0.1, 0.15) is 16.7 Å². The molecule has 0 amide bonds. The van der Waals surface area contributed by atoms with E-state index >= 15 is 0 Å². The monoisotopic (exact) mass is 328 g/mol. The molecule has 124 valence electrons. The molecule has 2 aromatic carbocycles. The van der Waals surface area contributed by atoms with Gasteiger partial charge in [0.05, 0.1) is 19.3 Å². The van der Waals surface area contributed by atoms with Gasteiger partial charge in [-0.3, -0.25) is 14.4 Å². The van der Waals surface area contributed by atoms with Gasteiger partial charge in [0.2, 0.25) is 0 Å². The highest BCUT2D eigenvalue weighted by atomic mass is 16.4. The predicted molar refractivity (Wildman–Crippen MR) is 85.9 cm³/mol. The van der Waals surface area contributed by atoms with Crippen molar-refractivity contribution < 1.29 is 29.7 Å². The Kier molecular flexibility index (Phi) is 5.31. The summed E-state index contributed by atoms with van der Waals surface area (Å²) in [7, 11) is 0. The van der Waals surface area contributed by atoms with E-state index in [1.165, 1.54) is 0 Å². The third-order valence-corrected chi connectivity index (χ3v) is 3.41. The van der Waals surface area contributed by atoms with Crippen molar-refractivity contribution in [2.24, 2.45) is 0 Å². The summed E-state index contributed by atoms with van der Waals surface area (Å²) in [6.07, 6.45) is -0.474. The molecule has 6 nitrogen and oxygen atoms in total. The standard InChI is InChI=1S/C18H16O6/c19-16(20)8-11-1-3-14(4-2-11)15-6-12(9-17(21)22)5-13(7-15)10-18(23)24/h1-7H,8-10H2,(H,19,20)(H,21,22)(H,23,24). The maximum Gasteiger partial charge on any atom is 0.307 e. The van der Waals surface area contributed by atoms with Gasteiger partial charge in [0.1, 0.15) is 0 Å². The Labute approximate surface area is 138 Å². The van der Waals surface area contributed by atoms with Crippen LogP contribution in [0.4, 0.5) is 0 Å². The first-order chi connectivity index (χ1) is 11.3. The summed E-state index contributed by atoms with van der Waals surface area (Å²) in [6.45, 7) is 0. The third kappa shape index (κ3) is 4.95. The third-order valence-electron chi connectivity index (χ3n) is 3.41. The Morgan fingerprint density at radius 2 is 1.00 bits per heavy atom. The lowest BCUT2D eigenvalue weighted by molar-refractivity contribution is -0.137. The maximum absolute atomic E-state index is 10.9. The van der Waals surface area contributed by atoms with Crippen LogP contribution in [-0.2, 0) is 33.6 Å². The summed E-state index contributed by atoms with van der Waals surface area (Å²) >= 11 is 0. The van der Waals surface area contributed by atoms with E-state index in [4.69, 9.17) is 15.3 Å². The number of hydrogen-bond acceptors (Lipinski definition) is 3. The molecule has 0 aliphatic carbocycles. The van der Waals surface area contributed by atoms with Crippen LogP contribution in [0.3, 0.4) is 0 Å². The molecule has 2 aromatic rings. The van der Waals surface area contributed by atoms with E-state index in [2.05, 4.69) is 0 Å². The molecule has 0 radical (unpaired) electrons. The maximum atomic E-state index is 10.9. The smallest absolute Gasteiger partial charge is 0.307 e.